The number of nitrogens with zero attached hydrogens (tertiary/aromatic N) is 5. The van der Waals surface area contributed by atoms with Crippen molar-refractivity contribution in [1.82, 2.24) is 24.4 Å². The Morgan fingerprint density at radius 1 is 1.25 bits per heavy atom. The summed E-state index contributed by atoms with van der Waals surface area (Å²) in [5.74, 6) is 0.978. The Balaban J connectivity index is 1.73. The SMILES string of the molecule is CCc1nc2sc([C@H](c3ccc(Br)cc3)N3CCN(C(C)=O)CC3)c(O)n2n1. The van der Waals surface area contributed by atoms with E-state index in [-0.39, 0.29) is 17.8 Å². The average molecular weight is 464 g/mol. The second kappa shape index (κ2) is 7.81. The normalized spacial score (nSPS) is 16.6. The van der Waals surface area contributed by atoms with Gasteiger partial charge in [0, 0.05) is 44.0 Å². The number of amides is 1. The number of hydrogen-bond donors (Lipinski definition) is 1. The number of halogens is 1. The number of benzene rings is 1. The zero-order valence-electron chi connectivity index (χ0n) is 15.8. The summed E-state index contributed by atoms with van der Waals surface area (Å²) in [7, 11) is 0. The van der Waals surface area contributed by atoms with Gasteiger partial charge in [-0.05, 0) is 17.7 Å². The Labute approximate surface area is 175 Å². The minimum atomic E-state index is -0.110. The van der Waals surface area contributed by atoms with E-state index in [1.54, 1.807) is 6.92 Å². The van der Waals surface area contributed by atoms with Gasteiger partial charge in [0.05, 0.1) is 10.9 Å². The van der Waals surface area contributed by atoms with Gasteiger partial charge in [-0.15, -0.1) is 5.10 Å². The maximum Gasteiger partial charge on any atom is 0.230 e. The van der Waals surface area contributed by atoms with Crippen LogP contribution in [-0.4, -0.2) is 61.6 Å². The summed E-state index contributed by atoms with van der Waals surface area (Å²) >= 11 is 4.97. The molecular formula is C19H22BrN5O2S. The summed E-state index contributed by atoms with van der Waals surface area (Å²) in [6.45, 7) is 6.46. The van der Waals surface area contributed by atoms with Crippen LogP contribution in [0.4, 0.5) is 0 Å². The zero-order valence-corrected chi connectivity index (χ0v) is 18.2. The molecular weight excluding hydrogens is 442 g/mol. The predicted octanol–water partition coefficient (Wildman–Crippen LogP) is 3.07. The summed E-state index contributed by atoms with van der Waals surface area (Å²) in [6.07, 6.45) is 0.728. The molecule has 4 rings (SSSR count). The lowest BCUT2D eigenvalue weighted by atomic mass is 10.0. The van der Waals surface area contributed by atoms with Crippen molar-refractivity contribution in [2.75, 3.05) is 26.2 Å². The Hall–Kier alpha value is -1.97. The maximum atomic E-state index is 11.7. The quantitative estimate of drug-likeness (QED) is 0.643. The maximum absolute atomic E-state index is 11.7. The summed E-state index contributed by atoms with van der Waals surface area (Å²) in [6, 6.07) is 8.05. The molecule has 0 bridgehead atoms. The van der Waals surface area contributed by atoms with Crippen LogP contribution >= 0.6 is 27.3 Å². The van der Waals surface area contributed by atoms with Crippen LogP contribution in [0.5, 0.6) is 5.88 Å². The third kappa shape index (κ3) is 3.54. The fourth-order valence-corrected chi connectivity index (χ4v) is 4.99. The molecule has 0 saturated carbocycles. The summed E-state index contributed by atoms with van der Waals surface area (Å²) < 4.78 is 2.55. The molecule has 1 saturated heterocycles. The van der Waals surface area contributed by atoms with Crippen LogP contribution in [0.15, 0.2) is 28.7 Å². The molecule has 1 atom stereocenters. The number of carbonyl (C=O) groups excluding carboxylic acids is 1. The first kappa shape index (κ1) is 19.4. The lowest BCUT2D eigenvalue weighted by Gasteiger charge is -2.38. The van der Waals surface area contributed by atoms with Gasteiger partial charge in [0.15, 0.2) is 5.82 Å². The van der Waals surface area contributed by atoms with Crippen molar-refractivity contribution in [3.8, 4) is 5.88 Å². The molecule has 0 radical (unpaired) electrons. The van der Waals surface area contributed by atoms with E-state index >= 15 is 0 Å². The largest absolute Gasteiger partial charge is 0.492 e. The summed E-state index contributed by atoms with van der Waals surface area (Å²) in [4.78, 5) is 21.9. The second-order valence-electron chi connectivity index (χ2n) is 6.86. The number of rotatable bonds is 4. The molecule has 1 amide bonds. The lowest BCUT2D eigenvalue weighted by molar-refractivity contribution is -0.130. The van der Waals surface area contributed by atoms with Crippen molar-refractivity contribution < 1.29 is 9.90 Å². The van der Waals surface area contributed by atoms with Gasteiger partial charge < -0.3 is 10.0 Å². The van der Waals surface area contributed by atoms with Gasteiger partial charge >= 0.3 is 0 Å². The Bertz CT molecular complexity index is 992. The summed E-state index contributed by atoms with van der Waals surface area (Å²) in [5, 5.41) is 15.3. The molecule has 0 aliphatic carbocycles. The van der Waals surface area contributed by atoms with E-state index in [9.17, 15) is 9.90 Å². The van der Waals surface area contributed by atoms with E-state index in [2.05, 4.69) is 43.0 Å². The van der Waals surface area contributed by atoms with Gasteiger partial charge in [-0.1, -0.05) is 46.3 Å². The smallest absolute Gasteiger partial charge is 0.230 e. The van der Waals surface area contributed by atoms with Gasteiger partial charge in [-0.3, -0.25) is 9.69 Å². The molecule has 1 N–H and O–H groups in total. The van der Waals surface area contributed by atoms with Crippen molar-refractivity contribution in [3.05, 3.63) is 45.0 Å². The van der Waals surface area contributed by atoms with Crippen molar-refractivity contribution in [2.45, 2.75) is 26.3 Å². The molecule has 9 heteroatoms. The molecule has 1 aliphatic rings. The number of aryl methyl sites for hydroxylation is 1. The van der Waals surface area contributed by atoms with Gasteiger partial charge in [0.25, 0.3) is 0 Å². The second-order valence-corrected chi connectivity index (χ2v) is 8.79. The number of thiazole rings is 1. The molecule has 1 aromatic carbocycles. The first-order valence-corrected chi connectivity index (χ1v) is 10.9. The number of hydrogen-bond acceptors (Lipinski definition) is 6. The number of carbonyl (C=O) groups is 1. The van der Waals surface area contributed by atoms with Crippen molar-refractivity contribution in [3.63, 3.8) is 0 Å². The van der Waals surface area contributed by atoms with E-state index in [1.807, 2.05) is 24.0 Å². The monoisotopic (exact) mass is 463 g/mol. The van der Waals surface area contributed by atoms with Crippen LogP contribution in [0.3, 0.4) is 0 Å². The molecule has 148 valence electrons. The number of aromatic hydroxyl groups is 1. The highest BCUT2D eigenvalue weighted by molar-refractivity contribution is 9.10. The number of aromatic nitrogens is 3. The molecule has 7 nitrogen and oxygen atoms in total. The molecule has 28 heavy (non-hydrogen) atoms. The van der Waals surface area contributed by atoms with Crippen LogP contribution in [0.1, 0.15) is 36.2 Å². The minimum Gasteiger partial charge on any atom is -0.492 e. The standard InChI is InChI=1S/C19H22BrN5O2S/c1-3-15-21-19-25(22-15)18(27)17(28-19)16(13-4-6-14(20)7-5-13)24-10-8-23(9-11-24)12(2)26/h4-7,16,27H,3,8-11H2,1-2H3/t16-/m0/s1. The number of fused-ring (bicyclic) bond motifs is 1. The van der Waals surface area contributed by atoms with E-state index in [0.717, 1.165) is 40.2 Å². The van der Waals surface area contributed by atoms with E-state index < -0.39 is 0 Å². The molecule has 2 aromatic heterocycles. The molecule has 1 fully saturated rings. The van der Waals surface area contributed by atoms with E-state index in [4.69, 9.17) is 0 Å². The predicted molar refractivity (Wildman–Crippen MR) is 112 cm³/mol. The molecule has 0 unspecified atom stereocenters. The minimum absolute atomic E-state index is 0.105. The highest BCUT2D eigenvalue weighted by atomic mass is 79.9. The highest BCUT2D eigenvalue weighted by Crippen LogP contribution is 2.40. The van der Waals surface area contributed by atoms with Crippen LogP contribution in [0.2, 0.25) is 0 Å². The highest BCUT2D eigenvalue weighted by Gasteiger charge is 2.32. The van der Waals surface area contributed by atoms with Gasteiger partial charge in [-0.2, -0.15) is 4.52 Å². The zero-order chi connectivity index (χ0) is 19.8. The van der Waals surface area contributed by atoms with Gasteiger partial charge in [-0.25, -0.2) is 4.98 Å². The topological polar surface area (TPSA) is 74.0 Å². The fourth-order valence-electron chi connectivity index (χ4n) is 3.59. The van der Waals surface area contributed by atoms with Crippen molar-refractivity contribution in [2.24, 2.45) is 0 Å². The van der Waals surface area contributed by atoms with E-state index in [0.29, 0.717) is 18.1 Å². The first-order valence-electron chi connectivity index (χ1n) is 9.30. The van der Waals surface area contributed by atoms with Crippen molar-refractivity contribution >= 4 is 38.1 Å². The number of piperazine rings is 1. The van der Waals surface area contributed by atoms with Crippen LogP contribution in [0, 0.1) is 0 Å². The summed E-state index contributed by atoms with van der Waals surface area (Å²) in [5.41, 5.74) is 1.09. The van der Waals surface area contributed by atoms with Gasteiger partial charge in [0.2, 0.25) is 16.7 Å². The lowest BCUT2D eigenvalue weighted by Crippen LogP contribution is -2.49. The molecule has 1 aliphatic heterocycles. The average Bonchev–Trinajstić information content (AvgIpc) is 3.23. The van der Waals surface area contributed by atoms with Crippen molar-refractivity contribution in [1.29, 1.82) is 0 Å². The Morgan fingerprint density at radius 3 is 2.50 bits per heavy atom. The Kier molecular flexibility index (Phi) is 5.39. The Morgan fingerprint density at radius 2 is 1.93 bits per heavy atom. The van der Waals surface area contributed by atoms with Crippen LogP contribution in [0.25, 0.3) is 4.96 Å². The van der Waals surface area contributed by atoms with E-state index in [1.165, 1.54) is 15.9 Å². The fraction of sp³-hybridized carbons (Fsp3) is 0.421. The third-order valence-electron chi connectivity index (χ3n) is 5.12. The van der Waals surface area contributed by atoms with Gasteiger partial charge in [0.1, 0.15) is 0 Å². The van der Waals surface area contributed by atoms with Crippen LogP contribution in [-0.2, 0) is 11.2 Å². The first-order chi connectivity index (χ1) is 13.5. The third-order valence-corrected chi connectivity index (χ3v) is 6.72. The van der Waals surface area contributed by atoms with Crippen LogP contribution < -0.4 is 0 Å². The molecule has 0 spiro atoms. The molecule has 3 heterocycles. The molecule has 3 aromatic rings.